The van der Waals surface area contributed by atoms with Crippen LogP contribution in [0.1, 0.15) is 50.2 Å². The van der Waals surface area contributed by atoms with Gasteiger partial charge in [-0.2, -0.15) is 5.48 Å². The minimum Gasteiger partial charge on any atom is -0.385 e. The van der Waals surface area contributed by atoms with Crippen LogP contribution in [0.2, 0.25) is 0 Å². The van der Waals surface area contributed by atoms with E-state index in [0.717, 1.165) is 24.8 Å². The first kappa shape index (κ1) is 13.1. The van der Waals surface area contributed by atoms with Gasteiger partial charge in [-0.15, -0.1) is 0 Å². The number of nitrogens with one attached hydrogen (secondary N) is 1. The quantitative estimate of drug-likeness (QED) is 0.764. The summed E-state index contributed by atoms with van der Waals surface area (Å²) in [4.78, 5) is 5.51. The Kier molecular flexibility index (Phi) is 3.35. The maximum absolute atomic E-state index is 10.7. The molecule has 4 nitrogen and oxygen atoms in total. The molecule has 1 aliphatic heterocycles. The Morgan fingerprint density at radius 1 is 1.05 bits per heavy atom. The molecular weight excluding hydrogens is 242 g/mol. The zero-order valence-electron chi connectivity index (χ0n) is 11.0. The van der Waals surface area contributed by atoms with Gasteiger partial charge in [0.1, 0.15) is 11.7 Å². The summed E-state index contributed by atoms with van der Waals surface area (Å²) in [7, 11) is 0. The van der Waals surface area contributed by atoms with Gasteiger partial charge in [-0.25, -0.2) is 0 Å². The molecule has 2 aliphatic rings. The molecule has 0 bridgehead atoms. The van der Waals surface area contributed by atoms with Crippen LogP contribution < -0.4 is 5.48 Å². The molecular formula is C15H21NO3. The SMILES string of the molecule is OC1([C@@]2(O)C[C@@H](c3ccccc3)ON2)CCCCC1. The lowest BCUT2D eigenvalue weighted by Gasteiger charge is -2.42. The number of benzene rings is 1. The van der Waals surface area contributed by atoms with Gasteiger partial charge in [0.05, 0.1) is 0 Å². The zero-order chi connectivity index (χ0) is 13.3. The first-order valence-electron chi connectivity index (χ1n) is 7.06. The predicted octanol–water partition coefficient (Wildman–Crippen LogP) is 2.04. The standard InChI is InChI=1S/C15H21NO3/c17-14(9-5-2-6-10-14)15(18)11-13(19-16-15)12-7-3-1-4-8-12/h1,3-4,7-8,13,16-18H,2,5-6,9-11H2/t13-,15-/m0/s1. The van der Waals surface area contributed by atoms with Gasteiger partial charge in [-0.3, -0.25) is 4.84 Å². The van der Waals surface area contributed by atoms with Crippen molar-refractivity contribution in [1.82, 2.24) is 5.48 Å². The van der Waals surface area contributed by atoms with Gasteiger partial charge in [0.15, 0.2) is 5.72 Å². The van der Waals surface area contributed by atoms with E-state index in [0.29, 0.717) is 19.3 Å². The Labute approximate surface area is 113 Å². The van der Waals surface area contributed by atoms with E-state index in [2.05, 4.69) is 5.48 Å². The molecule has 19 heavy (non-hydrogen) atoms. The summed E-state index contributed by atoms with van der Waals surface area (Å²) >= 11 is 0. The molecule has 2 fully saturated rings. The molecule has 4 heteroatoms. The molecule has 2 atom stereocenters. The third-order valence-electron chi connectivity index (χ3n) is 4.47. The van der Waals surface area contributed by atoms with Crippen LogP contribution in [-0.4, -0.2) is 21.5 Å². The zero-order valence-corrected chi connectivity index (χ0v) is 11.0. The van der Waals surface area contributed by atoms with Gasteiger partial charge in [0, 0.05) is 6.42 Å². The smallest absolute Gasteiger partial charge is 0.169 e. The Balaban J connectivity index is 1.77. The predicted molar refractivity (Wildman–Crippen MR) is 71.0 cm³/mol. The largest absolute Gasteiger partial charge is 0.385 e. The van der Waals surface area contributed by atoms with Crippen LogP contribution in [0.5, 0.6) is 0 Å². The van der Waals surface area contributed by atoms with Crippen LogP contribution in [-0.2, 0) is 4.84 Å². The van der Waals surface area contributed by atoms with Gasteiger partial charge < -0.3 is 10.2 Å². The normalized spacial score (nSPS) is 34.3. The van der Waals surface area contributed by atoms with Crippen molar-refractivity contribution in [1.29, 1.82) is 0 Å². The fourth-order valence-corrected chi connectivity index (χ4v) is 3.21. The molecule has 104 valence electrons. The summed E-state index contributed by atoms with van der Waals surface area (Å²) in [5, 5.41) is 21.4. The molecule has 3 N–H and O–H groups in total. The highest BCUT2D eigenvalue weighted by atomic mass is 16.7. The Bertz CT molecular complexity index is 430. The monoisotopic (exact) mass is 263 g/mol. The molecule has 1 aromatic carbocycles. The van der Waals surface area contributed by atoms with Crippen molar-refractivity contribution in [2.24, 2.45) is 0 Å². The van der Waals surface area contributed by atoms with Crippen LogP contribution in [0.4, 0.5) is 0 Å². The second-order valence-corrected chi connectivity index (χ2v) is 5.78. The highest BCUT2D eigenvalue weighted by molar-refractivity contribution is 5.19. The number of hydrogen-bond acceptors (Lipinski definition) is 4. The highest BCUT2D eigenvalue weighted by Gasteiger charge is 2.54. The van der Waals surface area contributed by atoms with E-state index in [1.165, 1.54) is 0 Å². The second kappa shape index (κ2) is 4.87. The van der Waals surface area contributed by atoms with Crippen LogP contribution in [0.3, 0.4) is 0 Å². The van der Waals surface area contributed by atoms with Crippen molar-refractivity contribution < 1.29 is 15.1 Å². The Morgan fingerprint density at radius 2 is 1.74 bits per heavy atom. The molecule has 0 radical (unpaired) electrons. The van der Waals surface area contributed by atoms with E-state index < -0.39 is 11.3 Å². The average Bonchev–Trinajstić information content (AvgIpc) is 2.85. The van der Waals surface area contributed by atoms with E-state index >= 15 is 0 Å². The van der Waals surface area contributed by atoms with E-state index in [1.807, 2.05) is 30.3 Å². The fourth-order valence-electron chi connectivity index (χ4n) is 3.21. The van der Waals surface area contributed by atoms with Crippen molar-refractivity contribution in [2.45, 2.75) is 56.0 Å². The van der Waals surface area contributed by atoms with Crippen molar-refractivity contribution in [3.8, 4) is 0 Å². The fraction of sp³-hybridized carbons (Fsp3) is 0.600. The topological polar surface area (TPSA) is 61.7 Å². The maximum atomic E-state index is 10.7. The lowest BCUT2D eigenvalue weighted by Crippen LogP contribution is -2.60. The first-order chi connectivity index (χ1) is 9.13. The molecule has 1 aromatic rings. The number of hydrogen-bond donors (Lipinski definition) is 3. The lowest BCUT2D eigenvalue weighted by molar-refractivity contribution is -0.202. The summed E-state index contributed by atoms with van der Waals surface area (Å²) < 4.78 is 0. The van der Waals surface area contributed by atoms with Crippen molar-refractivity contribution in [3.05, 3.63) is 35.9 Å². The minimum absolute atomic E-state index is 0.211. The Hall–Kier alpha value is -0.940. The summed E-state index contributed by atoms with van der Waals surface area (Å²) in [6.07, 6.45) is 4.46. The van der Waals surface area contributed by atoms with E-state index in [4.69, 9.17) is 4.84 Å². The second-order valence-electron chi connectivity index (χ2n) is 5.78. The van der Waals surface area contributed by atoms with Crippen LogP contribution in [0.25, 0.3) is 0 Å². The summed E-state index contributed by atoms with van der Waals surface area (Å²) in [5.74, 6) is 0. The van der Waals surface area contributed by atoms with Crippen molar-refractivity contribution >= 4 is 0 Å². The lowest BCUT2D eigenvalue weighted by atomic mass is 9.75. The van der Waals surface area contributed by atoms with Gasteiger partial charge in [-0.1, -0.05) is 49.6 Å². The Morgan fingerprint density at radius 3 is 2.42 bits per heavy atom. The molecule has 1 heterocycles. The third kappa shape index (κ3) is 2.30. The number of rotatable bonds is 2. The van der Waals surface area contributed by atoms with Crippen LogP contribution >= 0.6 is 0 Å². The van der Waals surface area contributed by atoms with E-state index in [1.54, 1.807) is 0 Å². The molecule has 0 unspecified atom stereocenters. The first-order valence-corrected chi connectivity index (χ1v) is 7.06. The average molecular weight is 263 g/mol. The summed E-state index contributed by atoms with van der Waals surface area (Å²) in [6.45, 7) is 0. The molecule has 0 spiro atoms. The minimum atomic E-state index is -1.34. The summed E-state index contributed by atoms with van der Waals surface area (Å²) in [5.41, 5.74) is 1.30. The molecule has 0 aromatic heterocycles. The number of hydroxylamine groups is 1. The summed E-state index contributed by atoms with van der Waals surface area (Å²) in [6, 6.07) is 9.80. The van der Waals surface area contributed by atoms with Gasteiger partial charge in [0.25, 0.3) is 0 Å². The third-order valence-corrected chi connectivity index (χ3v) is 4.47. The molecule has 1 aliphatic carbocycles. The van der Waals surface area contributed by atoms with Crippen LogP contribution in [0, 0.1) is 0 Å². The highest BCUT2D eigenvalue weighted by Crippen LogP contribution is 2.44. The molecule has 1 saturated carbocycles. The van der Waals surface area contributed by atoms with Gasteiger partial charge in [-0.05, 0) is 18.4 Å². The molecule has 1 saturated heterocycles. The van der Waals surface area contributed by atoms with E-state index in [-0.39, 0.29) is 6.10 Å². The van der Waals surface area contributed by atoms with Crippen molar-refractivity contribution in [2.75, 3.05) is 0 Å². The van der Waals surface area contributed by atoms with Crippen LogP contribution in [0.15, 0.2) is 30.3 Å². The number of aliphatic hydroxyl groups is 2. The maximum Gasteiger partial charge on any atom is 0.169 e. The molecule has 3 rings (SSSR count). The van der Waals surface area contributed by atoms with E-state index in [9.17, 15) is 10.2 Å². The van der Waals surface area contributed by atoms with Crippen molar-refractivity contribution in [3.63, 3.8) is 0 Å². The van der Waals surface area contributed by atoms with Gasteiger partial charge >= 0.3 is 0 Å². The molecule has 0 amide bonds. The van der Waals surface area contributed by atoms with Gasteiger partial charge in [0.2, 0.25) is 0 Å².